The molecule has 0 amide bonds. The van der Waals surface area contributed by atoms with Crippen molar-refractivity contribution in [3.05, 3.63) is 65.6 Å². The third-order valence-electron chi connectivity index (χ3n) is 4.36. The maximum Gasteiger partial charge on any atom is 0.191 e. The molecule has 0 atom stereocenters. The normalized spacial score (nSPS) is 11.6. The van der Waals surface area contributed by atoms with Crippen molar-refractivity contribution in [3.8, 4) is 5.75 Å². The summed E-state index contributed by atoms with van der Waals surface area (Å²) in [6.45, 7) is 8.93. The van der Waals surface area contributed by atoms with Gasteiger partial charge in [-0.15, -0.1) is 0 Å². The van der Waals surface area contributed by atoms with Gasteiger partial charge in [0.2, 0.25) is 0 Å². The summed E-state index contributed by atoms with van der Waals surface area (Å²) >= 11 is 0. The van der Waals surface area contributed by atoms with Crippen LogP contribution in [0.15, 0.2) is 53.8 Å². The minimum absolute atomic E-state index is 0.569. The fraction of sp³-hybridized carbons (Fsp3) is 0.364. The average molecular weight is 380 g/mol. The van der Waals surface area contributed by atoms with Crippen LogP contribution in [0.5, 0.6) is 5.75 Å². The first-order valence-electron chi connectivity index (χ1n) is 9.86. The molecule has 0 radical (unpaired) electrons. The Kier molecular flexibility index (Phi) is 6.89. The average Bonchev–Trinajstić information content (AvgIpc) is 3.10. The van der Waals surface area contributed by atoms with Gasteiger partial charge in [-0.25, -0.2) is 9.98 Å². The number of aliphatic imine (C=N–C) groups is 1. The third-order valence-corrected chi connectivity index (χ3v) is 4.36. The van der Waals surface area contributed by atoms with Gasteiger partial charge >= 0.3 is 0 Å². The Morgan fingerprint density at radius 1 is 1.18 bits per heavy atom. The maximum atomic E-state index is 5.76. The lowest BCUT2D eigenvalue weighted by Gasteiger charge is -2.13. The number of pyridine rings is 1. The van der Waals surface area contributed by atoms with Gasteiger partial charge in [0.15, 0.2) is 5.96 Å². The number of rotatable bonds is 8. The fourth-order valence-electron chi connectivity index (χ4n) is 3.00. The van der Waals surface area contributed by atoms with E-state index < -0.39 is 0 Å². The summed E-state index contributed by atoms with van der Waals surface area (Å²) in [6.07, 6.45) is 4.92. The van der Waals surface area contributed by atoms with E-state index >= 15 is 0 Å². The number of hydrogen-bond acceptors (Lipinski definition) is 3. The molecule has 2 N–H and O–H groups in total. The second kappa shape index (κ2) is 9.78. The molecule has 6 nitrogen and oxygen atoms in total. The number of hydrogen-bond donors (Lipinski definition) is 2. The Labute approximate surface area is 166 Å². The molecule has 0 aliphatic carbocycles. The van der Waals surface area contributed by atoms with Crippen LogP contribution in [0.25, 0.3) is 5.65 Å². The third kappa shape index (κ3) is 5.25. The van der Waals surface area contributed by atoms with Crippen LogP contribution in [-0.2, 0) is 13.0 Å². The second-order valence-electron chi connectivity index (χ2n) is 6.61. The Bertz CT molecular complexity index is 899. The smallest absolute Gasteiger partial charge is 0.191 e. The van der Waals surface area contributed by atoms with Gasteiger partial charge in [-0.3, -0.25) is 0 Å². The van der Waals surface area contributed by atoms with Crippen LogP contribution < -0.4 is 15.4 Å². The lowest BCUT2D eigenvalue weighted by Crippen LogP contribution is -2.38. The second-order valence-corrected chi connectivity index (χ2v) is 6.61. The minimum atomic E-state index is 0.569. The van der Waals surface area contributed by atoms with Gasteiger partial charge in [-0.05, 0) is 44.5 Å². The number of nitrogens with one attached hydrogen (secondary N) is 2. The molecule has 3 rings (SSSR count). The van der Waals surface area contributed by atoms with Crippen molar-refractivity contribution in [1.29, 1.82) is 0 Å². The monoisotopic (exact) mass is 379 g/mol. The molecular formula is C22H29N5O. The van der Waals surface area contributed by atoms with E-state index in [1.165, 1.54) is 5.56 Å². The molecule has 0 unspecified atom stereocenters. The summed E-state index contributed by atoms with van der Waals surface area (Å²) in [5.74, 6) is 1.71. The van der Waals surface area contributed by atoms with Gasteiger partial charge in [-0.2, -0.15) is 0 Å². The first kappa shape index (κ1) is 19.7. The number of ether oxygens (including phenoxy) is 1. The van der Waals surface area contributed by atoms with Crippen LogP contribution in [0, 0.1) is 6.92 Å². The molecule has 148 valence electrons. The number of fused-ring (bicyclic) bond motifs is 1. The minimum Gasteiger partial charge on any atom is -0.494 e. The molecule has 0 aliphatic heterocycles. The van der Waals surface area contributed by atoms with E-state index in [9.17, 15) is 0 Å². The highest BCUT2D eigenvalue weighted by atomic mass is 16.5. The Hall–Kier alpha value is -3.02. The van der Waals surface area contributed by atoms with Gasteiger partial charge in [0.1, 0.15) is 11.4 Å². The number of aromatic nitrogens is 2. The zero-order valence-corrected chi connectivity index (χ0v) is 16.9. The Morgan fingerprint density at radius 3 is 2.86 bits per heavy atom. The molecule has 0 saturated heterocycles. The van der Waals surface area contributed by atoms with E-state index in [0.29, 0.717) is 13.2 Å². The molecule has 28 heavy (non-hydrogen) atoms. The molecule has 3 aromatic rings. The van der Waals surface area contributed by atoms with Crippen molar-refractivity contribution < 1.29 is 4.74 Å². The number of aryl methyl sites for hydroxylation is 1. The van der Waals surface area contributed by atoms with Crippen molar-refractivity contribution in [2.24, 2.45) is 4.99 Å². The summed E-state index contributed by atoms with van der Waals surface area (Å²) < 4.78 is 7.80. The van der Waals surface area contributed by atoms with Crippen molar-refractivity contribution >= 4 is 11.6 Å². The molecule has 0 saturated carbocycles. The van der Waals surface area contributed by atoms with Gasteiger partial charge in [0.25, 0.3) is 0 Å². The lowest BCUT2D eigenvalue weighted by molar-refractivity contribution is 0.336. The number of guanidine groups is 1. The number of nitrogens with zero attached hydrogens (tertiary/aromatic N) is 3. The van der Waals surface area contributed by atoms with Gasteiger partial charge in [0, 0.05) is 37.5 Å². The first-order valence-corrected chi connectivity index (χ1v) is 9.86. The van der Waals surface area contributed by atoms with Crippen LogP contribution in [0.4, 0.5) is 0 Å². The molecule has 0 aliphatic rings. The van der Waals surface area contributed by atoms with Crippen LogP contribution in [0.1, 0.15) is 30.7 Å². The summed E-state index contributed by atoms with van der Waals surface area (Å²) in [4.78, 5) is 9.35. The molecule has 0 bridgehead atoms. The van der Waals surface area contributed by atoms with E-state index in [4.69, 9.17) is 9.73 Å². The van der Waals surface area contributed by atoms with E-state index in [1.807, 2.05) is 35.7 Å². The SMILES string of the molecule is CCNC(=NCc1ccc(C)cc1OCC)NCCc1cn2ccccc2n1. The predicted octanol–water partition coefficient (Wildman–Crippen LogP) is 3.34. The largest absolute Gasteiger partial charge is 0.494 e. The zero-order chi connectivity index (χ0) is 19.8. The van der Waals surface area contributed by atoms with E-state index in [0.717, 1.165) is 48.1 Å². The quantitative estimate of drug-likeness (QED) is 0.465. The number of imidazole rings is 1. The van der Waals surface area contributed by atoms with Crippen LogP contribution in [0.3, 0.4) is 0 Å². The van der Waals surface area contributed by atoms with Crippen molar-refractivity contribution in [3.63, 3.8) is 0 Å². The Balaban J connectivity index is 1.61. The van der Waals surface area contributed by atoms with Gasteiger partial charge < -0.3 is 19.8 Å². The first-order chi connectivity index (χ1) is 13.7. The van der Waals surface area contributed by atoms with E-state index in [-0.39, 0.29) is 0 Å². The number of benzene rings is 1. The fourth-order valence-corrected chi connectivity index (χ4v) is 3.00. The molecule has 0 fully saturated rings. The summed E-state index contributed by atoms with van der Waals surface area (Å²) in [6, 6.07) is 12.3. The van der Waals surface area contributed by atoms with Crippen molar-refractivity contribution in [2.75, 3.05) is 19.7 Å². The van der Waals surface area contributed by atoms with E-state index in [2.05, 4.69) is 53.9 Å². The summed E-state index contributed by atoms with van der Waals surface area (Å²) in [7, 11) is 0. The Morgan fingerprint density at radius 2 is 2.07 bits per heavy atom. The summed E-state index contributed by atoms with van der Waals surface area (Å²) in [5.41, 5.74) is 4.31. The highest BCUT2D eigenvalue weighted by Gasteiger charge is 2.05. The van der Waals surface area contributed by atoms with Crippen LogP contribution in [0.2, 0.25) is 0 Å². The molecule has 0 spiro atoms. The van der Waals surface area contributed by atoms with E-state index in [1.54, 1.807) is 0 Å². The molecule has 1 aromatic carbocycles. The van der Waals surface area contributed by atoms with Crippen molar-refractivity contribution in [2.45, 2.75) is 33.7 Å². The predicted molar refractivity (Wildman–Crippen MR) is 114 cm³/mol. The molecule has 6 heteroatoms. The van der Waals surface area contributed by atoms with Crippen molar-refractivity contribution in [1.82, 2.24) is 20.0 Å². The van der Waals surface area contributed by atoms with Crippen LogP contribution in [-0.4, -0.2) is 35.0 Å². The topological polar surface area (TPSA) is 63.0 Å². The maximum absolute atomic E-state index is 5.76. The molecule has 2 aromatic heterocycles. The lowest BCUT2D eigenvalue weighted by atomic mass is 10.1. The molecule has 2 heterocycles. The molecular weight excluding hydrogens is 350 g/mol. The van der Waals surface area contributed by atoms with Crippen LogP contribution >= 0.6 is 0 Å². The standard InChI is InChI=1S/C22H29N5O/c1-4-23-22(25-15-18-10-9-17(3)14-20(18)28-5-2)24-12-11-19-16-27-13-7-6-8-21(27)26-19/h6-10,13-14,16H,4-5,11-12,15H2,1-3H3,(H2,23,24,25). The van der Waals surface area contributed by atoms with Gasteiger partial charge in [-0.1, -0.05) is 18.2 Å². The zero-order valence-electron chi connectivity index (χ0n) is 16.9. The highest BCUT2D eigenvalue weighted by molar-refractivity contribution is 5.79. The highest BCUT2D eigenvalue weighted by Crippen LogP contribution is 2.21. The summed E-state index contributed by atoms with van der Waals surface area (Å²) in [5, 5.41) is 6.70. The van der Waals surface area contributed by atoms with Gasteiger partial charge in [0.05, 0.1) is 18.8 Å².